The second kappa shape index (κ2) is 12.2. The topological polar surface area (TPSA) is 35.0 Å². The molecule has 12 rings (SSSR count). The molecule has 0 N–H and O–H groups in total. The van der Waals surface area contributed by atoms with E-state index in [1.165, 1.54) is 37.2 Å². The van der Waals surface area contributed by atoms with Crippen molar-refractivity contribution in [2.45, 2.75) is 5.41 Å². The number of aromatic nitrogens is 2. The predicted octanol–water partition coefficient (Wildman–Crippen LogP) is 14.0. The molecule has 10 aromatic rings. The molecule has 1 aliphatic carbocycles. The molecule has 3 nitrogen and oxygen atoms in total. The zero-order chi connectivity index (χ0) is 36.8. The molecule has 0 unspecified atom stereocenters. The van der Waals surface area contributed by atoms with Gasteiger partial charge in [0.2, 0.25) is 0 Å². The van der Waals surface area contributed by atoms with Gasteiger partial charge >= 0.3 is 0 Å². The summed E-state index contributed by atoms with van der Waals surface area (Å²) in [6.07, 6.45) is 0. The molecule has 5 heteroatoms. The molecule has 0 radical (unpaired) electrons. The van der Waals surface area contributed by atoms with E-state index < -0.39 is 5.41 Å². The summed E-state index contributed by atoms with van der Waals surface area (Å²) in [6.45, 7) is 0. The summed E-state index contributed by atoms with van der Waals surface area (Å²) in [5, 5.41) is 2.01. The lowest BCUT2D eigenvalue weighted by molar-refractivity contribution is 0.436. The van der Waals surface area contributed by atoms with Gasteiger partial charge in [-0.3, -0.25) is 0 Å². The highest BCUT2D eigenvalue weighted by Crippen LogP contribution is 2.62. The first-order valence-corrected chi connectivity index (χ1v) is 20.4. The first-order chi connectivity index (χ1) is 27.7. The van der Waals surface area contributed by atoms with Gasteiger partial charge in [0.05, 0.1) is 25.8 Å². The third kappa shape index (κ3) is 4.68. The fourth-order valence-corrected chi connectivity index (χ4v) is 10.9. The monoisotopic (exact) mass is 750 g/mol. The first-order valence-electron chi connectivity index (χ1n) is 18.8. The minimum atomic E-state index is -0.511. The van der Waals surface area contributed by atoms with Gasteiger partial charge in [-0.25, -0.2) is 9.97 Å². The van der Waals surface area contributed by atoms with Crippen molar-refractivity contribution in [3.8, 4) is 66.0 Å². The van der Waals surface area contributed by atoms with Crippen molar-refractivity contribution in [1.29, 1.82) is 0 Å². The van der Waals surface area contributed by atoms with Crippen LogP contribution in [0.4, 0.5) is 0 Å². The standard InChI is InChI=1S/C51H30N2OS2/c1-3-16-39-37(14-1)38-15-2-4-17-40(38)51(39)41-18-5-8-21-45(41)54-46-25-24-33(30-42(46)51)31-12-11-13-32(26-31)34-27-35(49-52-43-19-6-9-22-47(43)55-49)29-36(28-34)50-53-44-20-7-10-23-48(44)56-50/h1-30H. The average molecular weight is 751 g/mol. The summed E-state index contributed by atoms with van der Waals surface area (Å²) in [5.41, 5.74) is 15.7. The first kappa shape index (κ1) is 31.7. The van der Waals surface area contributed by atoms with Crippen LogP contribution in [0.5, 0.6) is 11.5 Å². The molecular weight excluding hydrogens is 721 g/mol. The second-order valence-electron chi connectivity index (χ2n) is 14.5. The van der Waals surface area contributed by atoms with Gasteiger partial charge in [0, 0.05) is 22.3 Å². The Kier molecular flexibility index (Phi) is 6.88. The number of hydrogen-bond donors (Lipinski definition) is 0. The highest BCUT2D eigenvalue weighted by Gasteiger charge is 2.51. The zero-order valence-electron chi connectivity index (χ0n) is 29.9. The molecule has 0 saturated carbocycles. The van der Waals surface area contributed by atoms with Crippen LogP contribution in [0.3, 0.4) is 0 Å². The number of thiazole rings is 2. The van der Waals surface area contributed by atoms with E-state index in [9.17, 15) is 0 Å². The van der Waals surface area contributed by atoms with E-state index in [4.69, 9.17) is 14.7 Å². The van der Waals surface area contributed by atoms with Gasteiger partial charge in [0.15, 0.2) is 0 Å². The Morgan fingerprint density at radius 1 is 0.357 bits per heavy atom. The van der Waals surface area contributed by atoms with Crippen LogP contribution in [0.2, 0.25) is 0 Å². The molecular formula is C51H30N2OS2. The Balaban J connectivity index is 1.03. The highest BCUT2D eigenvalue weighted by atomic mass is 32.1. The lowest BCUT2D eigenvalue weighted by atomic mass is 9.66. The normalized spacial score (nSPS) is 13.3. The van der Waals surface area contributed by atoms with Crippen molar-refractivity contribution in [3.05, 3.63) is 204 Å². The SMILES string of the molecule is c1cc(-c2cc(-c3nc4ccccc4s3)cc(-c3nc4ccccc4s3)c2)cc(-c2ccc3c(c2)C2(c4ccccc4O3)c3ccccc3-c3ccccc32)c1. The van der Waals surface area contributed by atoms with Crippen LogP contribution in [-0.4, -0.2) is 9.97 Å². The summed E-state index contributed by atoms with van der Waals surface area (Å²) >= 11 is 3.46. The van der Waals surface area contributed by atoms with Crippen LogP contribution in [0.25, 0.3) is 75.0 Å². The van der Waals surface area contributed by atoms with E-state index in [0.717, 1.165) is 71.5 Å². The van der Waals surface area contributed by atoms with Crippen LogP contribution in [0, 0.1) is 0 Å². The van der Waals surface area contributed by atoms with E-state index in [1.54, 1.807) is 22.7 Å². The lowest BCUT2D eigenvalue weighted by Gasteiger charge is -2.39. The van der Waals surface area contributed by atoms with Crippen LogP contribution in [-0.2, 0) is 5.41 Å². The summed E-state index contributed by atoms with van der Waals surface area (Å²) in [4.78, 5) is 10.1. The molecule has 2 aromatic heterocycles. The average Bonchev–Trinajstić information content (AvgIpc) is 3.98. The van der Waals surface area contributed by atoms with Crippen LogP contribution in [0.1, 0.15) is 22.3 Å². The van der Waals surface area contributed by atoms with Gasteiger partial charge in [-0.2, -0.15) is 0 Å². The molecule has 0 amide bonds. The zero-order valence-corrected chi connectivity index (χ0v) is 31.6. The largest absolute Gasteiger partial charge is 0.457 e. The summed E-state index contributed by atoms with van der Waals surface area (Å²) < 4.78 is 9.08. The molecule has 0 atom stereocenters. The Morgan fingerprint density at radius 2 is 0.839 bits per heavy atom. The molecule has 0 bridgehead atoms. The summed E-state index contributed by atoms with van der Waals surface area (Å²) in [5.74, 6) is 1.79. The number of hydrogen-bond acceptors (Lipinski definition) is 5. The summed E-state index contributed by atoms with van der Waals surface area (Å²) in [7, 11) is 0. The Hall–Kier alpha value is -6.66. The maximum absolute atomic E-state index is 6.72. The molecule has 1 aliphatic heterocycles. The fourth-order valence-electron chi connectivity index (χ4n) is 8.95. The molecule has 56 heavy (non-hydrogen) atoms. The van der Waals surface area contributed by atoms with E-state index >= 15 is 0 Å². The molecule has 0 saturated heterocycles. The number of para-hydroxylation sites is 3. The molecule has 0 fully saturated rings. The molecule has 8 aromatic carbocycles. The quantitative estimate of drug-likeness (QED) is 0.180. The van der Waals surface area contributed by atoms with E-state index in [-0.39, 0.29) is 0 Å². The molecule has 2 aliphatic rings. The Bertz CT molecular complexity index is 3010. The Labute approximate surface area is 331 Å². The van der Waals surface area contributed by atoms with Crippen molar-refractivity contribution in [2.75, 3.05) is 0 Å². The summed E-state index contributed by atoms with van der Waals surface area (Å²) in [6, 6.07) is 65.5. The third-order valence-corrected chi connectivity index (χ3v) is 13.6. The van der Waals surface area contributed by atoms with Crippen LogP contribution >= 0.6 is 22.7 Å². The van der Waals surface area contributed by atoms with Crippen molar-refractivity contribution >= 4 is 43.1 Å². The highest BCUT2D eigenvalue weighted by molar-refractivity contribution is 7.22. The number of rotatable bonds is 4. The smallest absolute Gasteiger partial charge is 0.132 e. The van der Waals surface area contributed by atoms with Crippen LogP contribution < -0.4 is 4.74 Å². The number of nitrogens with zero attached hydrogens (tertiary/aromatic N) is 2. The van der Waals surface area contributed by atoms with Crippen molar-refractivity contribution < 1.29 is 4.74 Å². The van der Waals surface area contributed by atoms with Crippen LogP contribution in [0.15, 0.2) is 182 Å². The number of ether oxygens (including phenoxy) is 1. The maximum atomic E-state index is 6.72. The number of fused-ring (bicyclic) bond motifs is 11. The van der Waals surface area contributed by atoms with Gasteiger partial charge in [0.25, 0.3) is 0 Å². The Morgan fingerprint density at radius 3 is 1.48 bits per heavy atom. The number of benzene rings is 8. The minimum Gasteiger partial charge on any atom is -0.457 e. The van der Waals surface area contributed by atoms with Gasteiger partial charge in [0.1, 0.15) is 21.5 Å². The van der Waals surface area contributed by atoms with Crippen molar-refractivity contribution in [1.82, 2.24) is 9.97 Å². The minimum absolute atomic E-state index is 0.511. The predicted molar refractivity (Wildman–Crippen MR) is 232 cm³/mol. The van der Waals surface area contributed by atoms with Crippen molar-refractivity contribution in [2.24, 2.45) is 0 Å². The third-order valence-electron chi connectivity index (χ3n) is 11.4. The molecule has 3 heterocycles. The van der Waals surface area contributed by atoms with Gasteiger partial charge in [-0.05, 0) is 111 Å². The van der Waals surface area contributed by atoms with Gasteiger partial charge in [-0.1, -0.05) is 115 Å². The van der Waals surface area contributed by atoms with E-state index in [1.807, 2.05) is 0 Å². The molecule has 1 spiro atoms. The fraction of sp³-hybridized carbons (Fsp3) is 0.0196. The van der Waals surface area contributed by atoms with Crippen molar-refractivity contribution in [3.63, 3.8) is 0 Å². The lowest BCUT2D eigenvalue weighted by Crippen LogP contribution is -2.32. The maximum Gasteiger partial charge on any atom is 0.132 e. The van der Waals surface area contributed by atoms with Gasteiger partial charge in [-0.15, -0.1) is 22.7 Å². The van der Waals surface area contributed by atoms with E-state index in [2.05, 4.69) is 182 Å². The van der Waals surface area contributed by atoms with Gasteiger partial charge < -0.3 is 4.74 Å². The second-order valence-corrected chi connectivity index (χ2v) is 16.6. The molecule has 262 valence electrons. The van der Waals surface area contributed by atoms with E-state index in [0.29, 0.717) is 0 Å².